The number of hydrogen-bond acceptors (Lipinski definition) is 5. The van der Waals surface area contributed by atoms with Crippen LogP contribution in [0.2, 0.25) is 0 Å². The van der Waals surface area contributed by atoms with E-state index in [2.05, 4.69) is 15.0 Å². The molecule has 0 fully saturated rings. The van der Waals surface area contributed by atoms with Crippen molar-refractivity contribution in [2.24, 2.45) is 0 Å². The van der Waals surface area contributed by atoms with Crippen molar-refractivity contribution in [3.8, 4) is 0 Å². The first-order chi connectivity index (χ1) is 13.2. The standard InChI is InChI=1S/C19H25N3O5S/c1-5-27-19(24)17-13(3)22-14(4)18(17)28(25,26)21-11-16(23)20-10-15-8-6-12(2)7-9-15/h6-9,21-22H,5,10-11H2,1-4H3,(H,20,23). The monoisotopic (exact) mass is 407 g/mol. The van der Waals surface area contributed by atoms with Gasteiger partial charge in [-0.25, -0.2) is 17.9 Å². The van der Waals surface area contributed by atoms with Gasteiger partial charge in [0.05, 0.1) is 13.2 Å². The third-order valence-corrected chi connectivity index (χ3v) is 5.67. The maximum atomic E-state index is 12.7. The Balaban J connectivity index is 2.06. The van der Waals surface area contributed by atoms with Gasteiger partial charge in [0.1, 0.15) is 10.5 Å². The molecule has 1 aromatic carbocycles. The summed E-state index contributed by atoms with van der Waals surface area (Å²) in [5, 5.41) is 2.65. The number of amides is 1. The highest BCUT2D eigenvalue weighted by Crippen LogP contribution is 2.24. The van der Waals surface area contributed by atoms with E-state index in [1.807, 2.05) is 31.2 Å². The van der Waals surface area contributed by atoms with Crippen LogP contribution < -0.4 is 10.0 Å². The van der Waals surface area contributed by atoms with E-state index < -0.39 is 28.4 Å². The van der Waals surface area contributed by atoms with Gasteiger partial charge >= 0.3 is 5.97 Å². The number of H-pyrrole nitrogens is 1. The molecule has 3 N–H and O–H groups in total. The molecule has 0 bridgehead atoms. The number of ether oxygens (including phenoxy) is 1. The van der Waals surface area contributed by atoms with Crippen LogP contribution in [0.15, 0.2) is 29.2 Å². The molecule has 152 valence electrons. The molecule has 0 saturated heterocycles. The normalized spacial score (nSPS) is 11.3. The summed E-state index contributed by atoms with van der Waals surface area (Å²) in [5.74, 6) is -1.21. The Morgan fingerprint density at radius 1 is 1.07 bits per heavy atom. The molecule has 2 rings (SSSR count). The number of rotatable bonds is 8. The first-order valence-electron chi connectivity index (χ1n) is 8.84. The van der Waals surface area contributed by atoms with Crippen molar-refractivity contribution in [3.05, 3.63) is 52.3 Å². The van der Waals surface area contributed by atoms with E-state index in [9.17, 15) is 18.0 Å². The third kappa shape index (κ3) is 5.20. The lowest BCUT2D eigenvalue weighted by molar-refractivity contribution is -0.120. The van der Waals surface area contributed by atoms with Crippen molar-refractivity contribution >= 4 is 21.9 Å². The Morgan fingerprint density at radius 3 is 2.32 bits per heavy atom. The smallest absolute Gasteiger partial charge is 0.341 e. The summed E-state index contributed by atoms with van der Waals surface area (Å²) in [6, 6.07) is 7.63. The van der Waals surface area contributed by atoms with Crippen molar-refractivity contribution in [2.45, 2.75) is 39.1 Å². The van der Waals surface area contributed by atoms with Crippen LogP contribution in [0.5, 0.6) is 0 Å². The lowest BCUT2D eigenvalue weighted by atomic mass is 10.1. The van der Waals surface area contributed by atoms with E-state index in [0.29, 0.717) is 11.4 Å². The summed E-state index contributed by atoms with van der Waals surface area (Å²) in [4.78, 5) is 26.8. The number of aromatic nitrogens is 1. The van der Waals surface area contributed by atoms with Gasteiger partial charge < -0.3 is 15.0 Å². The summed E-state index contributed by atoms with van der Waals surface area (Å²) >= 11 is 0. The number of sulfonamides is 1. The molecule has 0 spiro atoms. The Kier molecular flexibility index (Phi) is 6.98. The number of hydrogen-bond donors (Lipinski definition) is 3. The minimum Gasteiger partial charge on any atom is -0.462 e. The SMILES string of the molecule is CCOC(=O)c1c(C)[nH]c(C)c1S(=O)(=O)NCC(=O)NCc1ccc(C)cc1. The molecule has 2 aromatic rings. The number of esters is 1. The fourth-order valence-corrected chi connectivity index (χ4v) is 4.17. The van der Waals surface area contributed by atoms with Crippen LogP contribution in [0.25, 0.3) is 0 Å². The second-order valence-electron chi connectivity index (χ2n) is 6.39. The van der Waals surface area contributed by atoms with Crippen molar-refractivity contribution in [3.63, 3.8) is 0 Å². The van der Waals surface area contributed by atoms with Crippen LogP contribution in [0.4, 0.5) is 0 Å². The second-order valence-corrected chi connectivity index (χ2v) is 8.09. The van der Waals surface area contributed by atoms with Crippen molar-refractivity contribution in [2.75, 3.05) is 13.2 Å². The van der Waals surface area contributed by atoms with Crippen LogP contribution in [0, 0.1) is 20.8 Å². The molecule has 0 unspecified atom stereocenters. The van der Waals surface area contributed by atoms with Crippen molar-refractivity contribution in [1.29, 1.82) is 0 Å². The molecule has 1 aromatic heterocycles. The van der Waals surface area contributed by atoms with Gasteiger partial charge in [-0.3, -0.25) is 4.79 Å². The van der Waals surface area contributed by atoms with Crippen LogP contribution >= 0.6 is 0 Å². The van der Waals surface area contributed by atoms with Crippen LogP contribution in [0.1, 0.15) is 39.8 Å². The Morgan fingerprint density at radius 2 is 1.71 bits per heavy atom. The van der Waals surface area contributed by atoms with Crippen molar-refractivity contribution < 1.29 is 22.7 Å². The van der Waals surface area contributed by atoms with E-state index in [4.69, 9.17) is 4.74 Å². The lowest BCUT2D eigenvalue weighted by Crippen LogP contribution is -2.37. The van der Waals surface area contributed by atoms with Gasteiger partial charge in [0.2, 0.25) is 15.9 Å². The van der Waals surface area contributed by atoms with Gasteiger partial charge in [0.15, 0.2) is 0 Å². The molecule has 8 nitrogen and oxygen atoms in total. The summed E-state index contributed by atoms with van der Waals surface area (Å²) in [5.41, 5.74) is 2.65. The quantitative estimate of drug-likeness (QED) is 0.576. The van der Waals surface area contributed by atoms with Gasteiger partial charge in [-0.2, -0.15) is 0 Å². The van der Waals surface area contributed by atoms with Gasteiger partial charge in [0.25, 0.3) is 0 Å². The fraction of sp³-hybridized carbons (Fsp3) is 0.368. The summed E-state index contributed by atoms with van der Waals surface area (Å²) in [6.07, 6.45) is 0. The zero-order valence-corrected chi connectivity index (χ0v) is 17.2. The van der Waals surface area contributed by atoms with E-state index in [0.717, 1.165) is 11.1 Å². The number of carbonyl (C=O) groups is 2. The molecule has 1 amide bonds. The average Bonchev–Trinajstić information content (AvgIpc) is 2.94. The Labute approximate surface area is 164 Å². The molecular formula is C19H25N3O5S. The highest BCUT2D eigenvalue weighted by Gasteiger charge is 2.30. The summed E-state index contributed by atoms with van der Waals surface area (Å²) < 4.78 is 32.6. The van der Waals surface area contributed by atoms with Gasteiger partial charge in [0, 0.05) is 17.9 Å². The van der Waals surface area contributed by atoms with Gasteiger partial charge in [-0.15, -0.1) is 0 Å². The topological polar surface area (TPSA) is 117 Å². The Bertz CT molecular complexity index is 962. The largest absolute Gasteiger partial charge is 0.462 e. The van der Waals surface area contributed by atoms with Crippen molar-refractivity contribution in [1.82, 2.24) is 15.0 Å². The highest BCUT2D eigenvalue weighted by molar-refractivity contribution is 7.89. The molecule has 1 heterocycles. The van der Waals surface area contributed by atoms with E-state index in [1.54, 1.807) is 20.8 Å². The molecular weight excluding hydrogens is 382 g/mol. The average molecular weight is 407 g/mol. The van der Waals surface area contributed by atoms with Gasteiger partial charge in [-0.05, 0) is 33.3 Å². The highest BCUT2D eigenvalue weighted by atomic mass is 32.2. The van der Waals surface area contributed by atoms with E-state index in [1.165, 1.54) is 0 Å². The molecule has 0 aliphatic rings. The maximum absolute atomic E-state index is 12.7. The maximum Gasteiger partial charge on any atom is 0.341 e. The first kappa shape index (κ1) is 21.6. The summed E-state index contributed by atoms with van der Waals surface area (Å²) in [6.45, 7) is 6.70. The zero-order valence-electron chi connectivity index (χ0n) is 16.4. The minimum absolute atomic E-state index is 0.0492. The lowest BCUT2D eigenvalue weighted by Gasteiger charge is -2.10. The first-order valence-corrected chi connectivity index (χ1v) is 10.3. The minimum atomic E-state index is -4.09. The number of carbonyl (C=O) groups excluding carboxylic acids is 2. The molecule has 28 heavy (non-hydrogen) atoms. The predicted octanol–water partition coefficient (Wildman–Crippen LogP) is 1.71. The molecule has 0 radical (unpaired) electrons. The van der Waals surface area contributed by atoms with Crippen LogP contribution in [-0.2, 0) is 26.1 Å². The van der Waals surface area contributed by atoms with E-state index >= 15 is 0 Å². The third-order valence-electron chi connectivity index (χ3n) is 4.10. The van der Waals surface area contributed by atoms with Crippen LogP contribution in [0.3, 0.4) is 0 Å². The molecule has 0 aliphatic carbocycles. The zero-order chi connectivity index (χ0) is 20.9. The van der Waals surface area contributed by atoms with Crippen LogP contribution in [-0.4, -0.2) is 38.4 Å². The molecule has 0 aliphatic heterocycles. The van der Waals surface area contributed by atoms with E-state index in [-0.39, 0.29) is 23.6 Å². The molecule has 9 heteroatoms. The predicted molar refractivity (Wildman–Crippen MR) is 104 cm³/mol. The number of nitrogens with one attached hydrogen (secondary N) is 3. The van der Waals surface area contributed by atoms with Gasteiger partial charge in [-0.1, -0.05) is 29.8 Å². The fourth-order valence-electron chi connectivity index (χ4n) is 2.75. The Hall–Kier alpha value is -2.65. The number of aromatic amines is 1. The second kappa shape index (κ2) is 9.03. The number of benzene rings is 1. The number of aryl methyl sites for hydroxylation is 3. The summed E-state index contributed by atoms with van der Waals surface area (Å²) in [7, 11) is -4.09. The molecule has 0 saturated carbocycles. The molecule has 0 atom stereocenters.